The van der Waals surface area contributed by atoms with E-state index in [-0.39, 0.29) is 4.90 Å². The number of fused-ring (bicyclic) bond motifs is 1. The van der Waals surface area contributed by atoms with Crippen LogP contribution >= 0.6 is 11.6 Å². The Labute approximate surface area is 179 Å². The van der Waals surface area contributed by atoms with Gasteiger partial charge in [0.1, 0.15) is 11.9 Å². The summed E-state index contributed by atoms with van der Waals surface area (Å²) in [4.78, 5) is 11.0. The van der Waals surface area contributed by atoms with Crippen LogP contribution in [0.2, 0.25) is 5.02 Å². The van der Waals surface area contributed by atoms with E-state index in [9.17, 15) is 13.2 Å². The Morgan fingerprint density at radius 2 is 1.93 bits per heavy atom. The van der Waals surface area contributed by atoms with E-state index in [1.54, 1.807) is 24.3 Å². The topological polar surface area (TPSA) is 93.1 Å². The maximum atomic E-state index is 13.0. The first kappa shape index (κ1) is 20.9. The second-order valence-electron chi connectivity index (χ2n) is 7.05. The lowest BCUT2D eigenvalue weighted by molar-refractivity contribution is -0.131. The Bertz CT molecular complexity index is 1110. The molecule has 2 aromatic rings. The molecule has 7 nitrogen and oxygen atoms in total. The largest absolute Gasteiger partial charge is 0.484 e. The zero-order chi connectivity index (χ0) is 21.3. The van der Waals surface area contributed by atoms with Crippen LogP contribution in [-0.2, 0) is 26.0 Å². The standard InChI is InChI=1S/C21H20ClNO6S/c22-19-13-15(10-16-11-17(29-21(16)19)4-5-20(24)25)14-2-1-3-18(12-14)30(26,27)23-6-8-28-9-7-23/h1-5,10,12-13,17H,6-9,11H2,(H,24,25). The molecule has 0 aromatic heterocycles. The molecule has 0 saturated carbocycles. The van der Waals surface area contributed by atoms with E-state index in [4.69, 9.17) is 26.2 Å². The minimum absolute atomic E-state index is 0.219. The van der Waals surface area contributed by atoms with Gasteiger partial charge < -0.3 is 14.6 Å². The summed E-state index contributed by atoms with van der Waals surface area (Å²) in [6.45, 7) is 1.44. The molecule has 2 aliphatic heterocycles. The number of nitrogens with zero attached hydrogens (tertiary/aromatic N) is 1. The second-order valence-corrected chi connectivity index (χ2v) is 9.39. The van der Waals surface area contributed by atoms with E-state index < -0.39 is 22.1 Å². The summed E-state index contributed by atoms with van der Waals surface area (Å²) in [6, 6.07) is 10.4. The zero-order valence-electron chi connectivity index (χ0n) is 16.0. The number of carboxylic acids is 1. The fourth-order valence-electron chi connectivity index (χ4n) is 3.58. The van der Waals surface area contributed by atoms with Gasteiger partial charge in [-0.15, -0.1) is 0 Å². The molecule has 0 bridgehead atoms. The average Bonchev–Trinajstić information content (AvgIpc) is 3.17. The number of hydrogen-bond acceptors (Lipinski definition) is 5. The highest BCUT2D eigenvalue weighted by molar-refractivity contribution is 7.89. The lowest BCUT2D eigenvalue weighted by Gasteiger charge is -2.26. The van der Waals surface area contributed by atoms with Crippen LogP contribution in [-0.4, -0.2) is 56.2 Å². The first-order valence-electron chi connectivity index (χ1n) is 9.43. The van der Waals surface area contributed by atoms with E-state index in [0.29, 0.717) is 43.5 Å². The molecule has 0 aliphatic carbocycles. The van der Waals surface area contributed by atoms with Crippen LogP contribution in [0.1, 0.15) is 5.56 Å². The minimum atomic E-state index is -3.61. The number of rotatable bonds is 5. The van der Waals surface area contributed by atoms with Crippen LogP contribution in [0.15, 0.2) is 53.4 Å². The molecular weight excluding hydrogens is 430 g/mol. The van der Waals surface area contributed by atoms with E-state index in [1.807, 2.05) is 12.1 Å². The Balaban J connectivity index is 1.63. The van der Waals surface area contributed by atoms with Crippen molar-refractivity contribution < 1.29 is 27.8 Å². The van der Waals surface area contributed by atoms with Crippen molar-refractivity contribution in [2.45, 2.75) is 17.4 Å². The molecule has 0 spiro atoms. The summed E-state index contributed by atoms with van der Waals surface area (Å²) >= 11 is 6.40. The van der Waals surface area contributed by atoms with Gasteiger partial charge in [0.2, 0.25) is 10.0 Å². The Morgan fingerprint density at radius 3 is 2.67 bits per heavy atom. The van der Waals surface area contributed by atoms with Crippen molar-refractivity contribution in [1.29, 1.82) is 0 Å². The first-order valence-corrected chi connectivity index (χ1v) is 11.2. The van der Waals surface area contributed by atoms with E-state index in [1.165, 1.54) is 10.4 Å². The smallest absolute Gasteiger partial charge is 0.328 e. The Morgan fingerprint density at radius 1 is 1.17 bits per heavy atom. The molecule has 2 aliphatic rings. The molecule has 2 aromatic carbocycles. The number of benzene rings is 2. The summed E-state index contributed by atoms with van der Waals surface area (Å²) in [5, 5.41) is 9.19. The predicted molar refractivity (Wildman–Crippen MR) is 111 cm³/mol. The average molecular weight is 450 g/mol. The molecule has 2 heterocycles. The Hall–Kier alpha value is -2.39. The molecule has 0 radical (unpaired) electrons. The van der Waals surface area contributed by atoms with Gasteiger partial charge in [0, 0.05) is 31.1 Å². The lowest BCUT2D eigenvalue weighted by Crippen LogP contribution is -2.40. The molecule has 9 heteroatoms. The van der Waals surface area contributed by atoms with Gasteiger partial charge in [0.25, 0.3) is 0 Å². The molecular formula is C21H20ClNO6S. The molecule has 0 amide bonds. The molecule has 1 N–H and O–H groups in total. The van der Waals surface area contributed by atoms with Gasteiger partial charge in [-0.3, -0.25) is 0 Å². The molecule has 30 heavy (non-hydrogen) atoms. The second kappa shape index (κ2) is 8.39. The predicted octanol–water partition coefficient (Wildman–Crippen LogP) is 2.97. The van der Waals surface area contributed by atoms with E-state index in [2.05, 4.69) is 0 Å². The van der Waals surface area contributed by atoms with Crippen molar-refractivity contribution in [1.82, 2.24) is 4.31 Å². The fourth-order valence-corrected chi connectivity index (χ4v) is 5.32. The van der Waals surface area contributed by atoms with Crippen molar-refractivity contribution >= 4 is 27.6 Å². The molecule has 4 rings (SSSR count). The summed E-state index contributed by atoms with van der Waals surface area (Å²) < 4.78 is 38.3. The summed E-state index contributed by atoms with van der Waals surface area (Å²) in [5.41, 5.74) is 2.33. The lowest BCUT2D eigenvalue weighted by atomic mass is 10.0. The van der Waals surface area contributed by atoms with Gasteiger partial charge in [0.05, 0.1) is 23.1 Å². The monoisotopic (exact) mass is 449 g/mol. The number of ether oxygens (including phenoxy) is 2. The molecule has 1 saturated heterocycles. The number of halogens is 1. The third kappa shape index (κ3) is 4.22. The third-order valence-electron chi connectivity index (χ3n) is 5.04. The van der Waals surface area contributed by atoms with E-state index in [0.717, 1.165) is 22.8 Å². The molecule has 1 unspecified atom stereocenters. The van der Waals surface area contributed by atoms with Gasteiger partial charge in [-0.25, -0.2) is 13.2 Å². The maximum Gasteiger partial charge on any atom is 0.328 e. The van der Waals surface area contributed by atoms with Gasteiger partial charge in [0.15, 0.2) is 0 Å². The maximum absolute atomic E-state index is 13.0. The van der Waals surface area contributed by atoms with Crippen LogP contribution in [0, 0.1) is 0 Å². The SMILES string of the molecule is O=C(O)C=CC1Cc2cc(-c3cccc(S(=O)(=O)N4CCOCC4)c3)cc(Cl)c2O1. The molecule has 158 valence electrons. The van der Waals surface area contributed by atoms with Crippen LogP contribution in [0.5, 0.6) is 5.75 Å². The summed E-state index contributed by atoms with van der Waals surface area (Å²) in [6.07, 6.45) is 2.61. The fraction of sp³-hybridized carbons (Fsp3) is 0.286. The van der Waals surface area contributed by atoms with Gasteiger partial charge >= 0.3 is 5.97 Å². The molecule has 1 fully saturated rings. The summed E-state index contributed by atoms with van der Waals surface area (Å²) in [5.74, 6) is -0.516. The normalized spacial score (nSPS) is 19.6. The number of aliphatic carboxylic acids is 1. The van der Waals surface area contributed by atoms with Crippen molar-refractivity contribution in [3.8, 4) is 16.9 Å². The number of morpholine rings is 1. The van der Waals surface area contributed by atoms with Gasteiger partial charge in [-0.1, -0.05) is 23.7 Å². The molecule has 1 atom stereocenters. The highest BCUT2D eigenvalue weighted by Gasteiger charge is 2.27. The zero-order valence-corrected chi connectivity index (χ0v) is 17.5. The van der Waals surface area contributed by atoms with Crippen LogP contribution in [0.25, 0.3) is 11.1 Å². The van der Waals surface area contributed by atoms with E-state index >= 15 is 0 Å². The first-order chi connectivity index (χ1) is 14.3. The summed E-state index contributed by atoms with van der Waals surface area (Å²) in [7, 11) is -3.61. The van der Waals surface area contributed by atoms with Crippen LogP contribution in [0.4, 0.5) is 0 Å². The van der Waals surface area contributed by atoms with Crippen molar-refractivity contribution in [3.63, 3.8) is 0 Å². The van der Waals surface area contributed by atoms with Gasteiger partial charge in [-0.05, 0) is 41.5 Å². The van der Waals surface area contributed by atoms with Gasteiger partial charge in [-0.2, -0.15) is 4.31 Å². The Kier molecular flexibility index (Phi) is 5.84. The number of carbonyl (C=O) groups is 1. The van der Waals surface area contributed by atoms with Crippen molar-refractivity contribution in [2.75, 3.05) is 26.3 Å². The minimum Gasteiger partial charge on any atom is -0.484 e. The quantitative estimate of drug-likeness (QED) is 0.705. The number of carboxylic acid groups (broad SMARTS) is 1. The highest BCUT2D eigenvalue weighted by atomic mass is 35.5. The van der Waals surface area contributed by atoms with Crippen LogP contribution in [0.3, 0.4) is 0 Å². The third-order valence-corrected chi connectivity index (χ3v) is 7.21. The van der Waals surface area contributed by atoms with Crippen molar-refractivity contribution in [2.24, 2.45) is 0 Å². The van der Waals surface area contributed by atoms with Crippen LogP contribution < -0.4 is 4.74 Å². The number of sulfonamides is 1. The number of hydrogen-bond donors (Lipinski definition) is 1. The van der Waals surface area contributed by atoms with Crippen molar-refractivity contribution in [3.05, 3.63) is 59.1 Å². The highest BCUT2D eigenvalue weighted by Crippen LogP contribution is 2.40.